The Morgan fingerprint density at radius 3 is 2.54 bits per heavy atom. The molecular weight excluding hydrogens is 437 g/mol. The van der Waals surface area contributed by atoms with Crippen molar-refractivity contribution in [2.45, 2.75) is 11.3 Å². The van der Waals surface area contributed by atoms with E-state index in [0.29, 0.717) is 10.9 Å². The molecule has 0 unspecified atom stereocenters. The molecule has 0 atom stereocenters. The van der Waals surface area contributed by atoms with Gasteiger partial charge in [0.05, 0.1) is 17.4 Å². The van der Waals surface area contributed by atoms with E-state index in [-0.39, 0.29) is 10.2 Å². The first kappa shape index (κ1) is 18.5. The van der Waals surface area contributed by atoms with Crippen molar-refractivity contribution < 1.29 is 26.3 Å². The van der Waals surface area contributed by atoms with Gasteiger partial charge in [0.1, 0.15) is 10.6 Å². The Morgan fingerprint density at radius 2 is 1.81 bits per heavy atom. The lowest BCUT2D eigenvalue weighted by Crippen LogP contribution is -2.21. The number of rotatable bonds is 4. The summed E-state index contributed by atoms with van der Waals surface area (Å²) < 4.78 is 69.2. The van der Waals surface area contributed by atoms with Crippen LogP contribution in [0.5, 0.6) is 5.75 Å². The Hall–Kier alpha value is -2.33. The van der Waals surface area contributed by atoms with Crippen LogP contribution < -0.4 is 9.46 Å². The van der Waals surface area contributed by atoms with Gasteiger partial charge in [-0.05, 0) is 30.3 Å². The molecule has 3 rings (SSSR count). The summed E-state index contributed by atoms with van der Waals surface area (Å²) in [6.45, 7) is 0. The number of aromatic nitrogens is 1. The molecule has 0 spiro atoms. The van der Waals surface area contributed by atoms with Crippen molar-refractivity contribution in [2.24, 2.45) is 0 Å². The Bertz CT molecular complexity index is 1070. The second-order valence-corrected chi connectivity index (χ2v) is 7.73. The van der Waals surface area contributed by atoms with Gasteiger partial charge in [0, 0.05) is 9.86 Å². The maximum atomic E-state index is 12.6. The molecule has 1 heterocycles. The maximum absolute atomic E-state index is 12.6. The molecule has 0 aliphatic heterocycles. The summed E-state index contributed by atoms with van der Waals surface area (Å²) in [5.41, 5.74) is 0.764. The normalized spacial score (nSPS) is 12.2. The molecule has 26 heavy (non-hydrogen) atoms. The van der Waals surface area contributed by atoms with E-state index in [1.165, 1.54) is 18.3 Å². The van der Waals surface area contributed by atoms with Gasteiger partial charge in [0.15, 0.2) is 0 Å². The van der Waals surface area contributed by atoms with E-state index in [4.69, 9.17) is 0 Å². The van der Waals surface area contributed by atoms with Crippen molar-refractivity contribution in [2.75, 3.05) is 4.72 Å². The van der Waals surface area contributed by atoms with E-state index >= 15 is 0 Å². The van der Waals surface area contributed by atoms with E-state index in [1.54, 1.807) is 24.3 Å². The fraction of sp³-hybridized carbons (Fsp3) is 0.0625. The quantitative estimate of drug-likeness (QED) is 0.630. The van der Waals surface area contributed by atoms with E-state index in [9.17, 15) is 21.6 Å². The summed E-state index contributed by atoms with van der Waals surface area (Å²) in [6.07, 6.45) is -3.75. The fourth-order valence-electron chi connectivity index (χ4n) is 2.24. The number of pyridine rings is 1. The molecule has 0 radical (unpaired) electrons. The fourth-order valence-corrected chi connectivity index (χ4v) is 3.94. The third-order valence-electron chi connectivity index (χ3n) is 3.26. The number of nitrogens with one attached hydrogen (secondary N) is 1. The van der Waals surface area contributed by atoms with E-state index in [2.05, 4.69) is 30.4 Å². The van der Waals surface area contributed by atoms with Crippen LogP contribution in [0.3, 0.4) is 0 Å². The van der Waals surface area contributed by atoms with Gasteiger partial charge in [-0.3, -0.25) is 9.71 Å². The Labute approximate surface area is 155 Å². The highest BCUT2D eigenvalue weighted by atomic mass is 79.9. The number of anilines is 1. The first-order chi connectivity index (χ1) is 12.1. The lowest BCUT2D eigenvalue weighted by atomic mass is 10.2. The van der Waals surface area contributed by atoms with Crippen LogP contribution in [0.1, 0.15) is 0 Å². The average molecular weight is 447 g/mol. The second-order valence-electron chi connectivity index (χ2n) is 5.16. The highest BCUT2D eigenvalue weighted by molar-refractivity contribution is 9.10. The van der Waals surface area contributed by atoms with E-state index in [1.807, 2.05) is 0 Å². The molecule has 2 aromatic carbocycles. The summed E-state index contributed by atoms with van der Waals surface area (Å²) >= 11 is 3.05. The number of nitrogens with zero attached hydrogens (tertiary/aromatic N) is 1. The molecule has 0 aliphatic rings. The minimum Gasteiger partial charge on any atom is -0.404 e. The maximum Gasteiger partial charge on any atom is 0.573 e. The molecule has 5 nitrogen and oxygen atoms in total. The van der Waals surface area contributed by atoms with Crippen LogP contribution in [-0.4, -0.2) is 19.8 Å². The van der Waals surface area contributed by atoms with Crippen LogP contribution in [0, 0.1) is 0 Å². The molecule has 0 aliphatic carbocycles. The van der Waals surface area contributed by atoms with Crippen molar-refractivity contribution in [1.82, 2.24) is 4.98 Å². The summed E-state index contributed by atoms with van der Waals surface area (Å²) in [5.74, 6) is -0.832. The summed E-state index contributed by atoms with van der Waals surface area (Å²) in [6, 6.07) is 11.7. The minimum atomic E-state index is -5.03. The first-order valence-electron chi connectivity index (χ1n) is 7.07. The van der Waals surface area contributed by atoms with Crippen LogP contribution in [0.2, 0.25) is 0 Å². The Balaban J connectivity index is 2.00. The van der Waals surface area contributed by atoms with Gasteiger partial charge in [-0.2, -0.15) is 0 Å². The van der Waals surface area contributed by atoms with Gasteiger partial charge in [-0.25, -0.2) is 8.42 Å². The summed E-state index contributed by atoms with van der Waals surface area (Å²) in [4.78, 5) is 3.46. The van der Waals surface area contributed by atoms with Crippen molar-refractivity contribution in [3.8, 4) is 5.75 Å². The number of alkyl halides is 3. The topological polar surface area (TPSA) is 68.3 Å². The highest BCUT2D eigenvalue weighted by Crippen LogP contribution is 2.33. The number of fused-ring (bicyclic) bond motifs is 1. The molecule has 0 saturated carbocycles. The number of hydrogen-bond acceptors (Lipinski definition) is 4. The van der Waals surface area contributed by atoms with Crippen LogP contribution in [0.25, 0.3) is 10.9 Å². The number of sulfonamides is 1. The van der Waals surface area contributed by atoms with Crippen LogP contribution in [0.4, 0.5) is 18.9 Å². The number of hydrogen-bond donors (Lipinski definition) is 1. The SMILES string of the molecule is O=S(=O)(Nc1cnc2ccccc2c1)c1cc(Br)ccc1OC(F)(F)F. The number of ether oxygens (including phenoxy) is 1. The third-order valence-corrected chi connectivity index (χ3v) is 5.16. The van der Waals surface area contributed by atoms with Crippen molar-refractivity contribution in [1.29, 1.82) is 0 Å². The van der Waals surface area contributed by atoms with Crippen molar-refractivity contribution in [3.63, 3.8) is 0 Å². The number of halogens is 4. The summed E-state index contributed by atoms with van der Waals surface area (Å²) in [5, 5.41) is 0.675. The lowest BCUT2D eigenvalue weighted by Gasteiger charge is -2.15. The first-order valence-corrected chi connectivity index (χ1v) is 9.35. The predicted octanol–water partition coefficient (Wildman–Crippen LogP) is 4.70. The second kappa shape index (κ2) is 6.76. The molecular formula is C16H10BrF3N2O3S. The highest BCUT2D eigenvalue weighted by Gasteiger charge is 2.34. The average Bonchev–Trinajstić information content (AvgIpc) is 2.55. The molecule has 0 bridgehead atoms. The lowest BCUT2D eigenvalue weighted by molar-refractivity contribution is -0.275. The molecule has 0 saturated heterocycles. The van der Waals surface area contributed by atoms with Gasteiger partial charge in [0.2, 0.25) is 0 Å². The predicted molar refractivity (Wildman–Crippen MR) is 93.4 cm³/mol. The third kappa shape index (κ3) is 4.25. The van der Waals surface area contributed by atoms with Crippen molar-refractivity contribution in [3.05, 3.63) is 59.2 Å². The van der Waals surface area contributed by atoms with Gasteiger partial charge in [-0.1, -0.05) is 34.1 Å². The van der Waals surface area contributed by atoms with Gasteiger partial charge in [0.25, 0.3) is 10.0 Å². The van der Waals surface area contributed by atoms with Gasteiger partial charge >= 0.3 is 6.36 Å². The molecule has 0 fully saturated rings. The monoisotopic (exact) mass is 446 g/mol. The molecule has 3 aromatic rings. The number of benzene rings is 2. The molecule has 136 valence electrons. The Morgan fingerprint density at radius 1 is 1.08 bits per heavy atom. The largest absolute Gasteiger partial charge is 0.573 e. The zero-order chi connectivity index (χ0) is 18.9. The standard InChI is InChI=1S/C16H10BrF3N2O3S/c17-11-5-6-14(25-16(18,19)20)15(8-11)26(23,24)22-12-7-10-3-1-2-4-13(10)21-9-12/h1-9,22H. The number of para-hydroxylation sites is 1. The zero-order valence-corrected chi connectivity index (χ0v) is 15.2. The van der Waals surface area contributed by atoms with E-state index in [0.717, 1.165) is 12.1 Å². The zero-order valence-electron chi connectivity index (χ0n) is 12.8. The Kier molecular flexibility index (Phi) is 4.80. The van der Waals surface area contributed by atoms with Crippen LogP contribution in [-0.2, 0) is 10.0 Å². The molecule has 1 N–H and O–H groups in total. The van der Waals surface area contributed by atoms with E-state index < -0.39 is 27.0 Å². The van der Waals surface area contributed by atoms with Crippen LogP contribution >= 0.6 is 15.9 Å². The van der Waals surface area contributed by atoms with Gasteiger partial charge in [-0.15, -0.1) is 13.2 Å². The van der Waals surface area contributed by atoms with Gasteiger partial charge < -0.3 is 4.74 Å². The smallest absolute Gasteiger partial charge is 0.404 e. The van der Waals surface area contributed by atoms with Crippen molar-refractivity contribution >= 4 is 42.5 Å². The van der Waals surface area contributed by atoms with Crippen LogP contribution in [0.15, 0.2) is 64.1 Å². The molecule has 1 aromatic heterocycles. The summed E-state index contributed by atoms with van der Waals surface area (Å²) in [7, 11) is -4.35. The molecule has 0 amide bonds. The molecule has 10 heteroatoms. The minimum absolute atomic E-state index is 0.113.